The first kappa shape index (κ1) is 20.5. The summed E-state index contributed by atoms with van der Waals surface area (Å²) in [7, 11) is 0. The van der Waals surface area contributed by atoms with E-state index in [-0.39, 0.29) is 22.7 Å². The highest BCUT2D eigenvalue weighted by molar-refractivity contribution is 6.09. The van der Waals surface area contributed by atoms with Crippen LogP contribution in [0.15, 0.2) is 36.4 Å². The van der Waals surface area contributed by atoms with Crippen LogP contribution in [0.4, 0.5) is 0 Å². The number of aromatic hydroxyl groups is 1. The molecule has 0 aromatic heterocycles. The third-order valence-electron chi connectivity index (χ3n) is 5.85. The van der Waals surface area contributed by atoms with Gasteiger partial charge >= 0.3 is 0 Å². The van der Waals surface area contributed by atoms with E-state index >= 15 is 0 Å². The van der Waals surface area contributed by atoms with Crippen molar-refractivity contribution in [3.63, 3.8) is 0 Å². The van der Waals surface area contributed by atoms with Crippen molar-refractivity contribution in [2.45, 2.75) is 64.3 Å². The fraction of sp³-hybridized carbons (Fsp3) is 0.400. The molecule has 2 aliphatic heterocycles. The lowest BCUT2D eigenvalue weighted by atomic mass is 9.91. The van der Waals surface area contributed by atoms with Gasteiger partial charge in [0.15, 0.2) is 5.78 Å². The maximum absolute atomic E-state index is 12.8. The number of carbonyl (C=O) groups is 1. The van der Waals surface area contributed by atoms with Crippen LogP contribution in [0.5, 0.6) is 17.2 Å². The van der Waals surface area contributed by atoms with Crippen molar-refractivity contribution in [3.05, 3.63) is 58.7 Å². The minimum Gasteiger partial charge on any atom is -0.507 e. The van der Waals surface area contributed by atoms with E-state index in [1.165, 1.54) is 12.1 Å². The van der Waals surface area contributed by atoms with Gasteiger partial charge < -0.3 is 19.7 Å². The van der Waals surface area contributed by atoms with E-state index in [1.54, 1.807) is 26.0 Å². The number of benzene rings is 2. The molecule has 2 aromatic rings. The molecule has 4 rings (SSSR count). The summed E-state index contributed by atoms with van der Waals surface area (Å²) in [6, 6.07) is 8.97. The van der Waals surface area contributed by atoms with Crippen LogP contribution in [0.2, 0.25) is 0 Å². The van der Waals surface area contributed by atoms with Gasteiger partial charge in [-0.25, -0.2) is 0 Å². The molecule has 2 N–H and O–H groups in total. The first-order chi connectivity index (χ1) is 14.0. The maximum atomic E-state index is 12.8. The number of phenolic OH excluding ortho intramolecular Hbond substituents is 1. The highest BCUT2D eigenvalue weighted by atomic mass is 16.5. The molecular weight excluding hydrogens is 380 g/mol. The fourth-order valence-corrected chi connectivity index (χ4v) is 4.00. The molecule has 0 aliphatic carbocycles. The zero-order chi connectivity index (χ0) is 21.7. The molecule has 5 nitrogen and oxygen atoms in total. The van der Waals surface area contributed by atoms with E-state index < -0.39 is 11.7 Å². The Labute approximate surface area is 177 Å². The number of hydrogen-bond acceptors (Lipinski definition) is 5. The lowest BCUT2D eigenvalue weighted by molar-refractivity contribution is -0.0230. The number of fused-ring (bicyclic) bond motifs is 2. The quantitative estimate of drug-likeness (QED) is 0.577. The van der Waals surface area contributed by atoms with Crippen LogP contribution in [-0.4, -0.2) is 33.3 Å². The predicted octanol–water partition coefficient (Wildman–Crippen LogP) is 4.47. The van der Waals surface area contributed by atoms with Gasteiger partial charge in [0.2, 0.25) is 0 Å². The average molecular weight is 408 g/mol. The van der Waals surface area contributed by atoms with E-state index in [1.807, 2.05) is 18.2 Å². The van der Waals surface area contributed by atoms with Crippen LogP contribution in [0.25, 0.3) is 6.08 Å². The zero-order valence-electron chi connectivity index (χ0n) is 17.9. The minimum absolute atomic E-state index is 0.125. The van der Waals surface area contributed by atoms with E-state index in [0.717, 1.165) is 35.3 Å². The van der Waals surface area contributed by atoms with Crippen LogP contribution in [0, 0.1) is 0 Å². The summed E-state index contributed by atoms with van der Waals surface area (Å²) in [5.74, 6) is 0.963. The summed E-state index contributed by atoms with van der Waals surface area (Å²) in [6.07, 6.45) is 5.14. The van der Waals surface area contributed by atoms with Crippen LogP contribution < -0.4 is 9.47 Å². The predicted molar refractivity (Wildman–Crippen MR) is 115 cm³/mol. The summed E-state index contributed by atoms with van der Waals surface area (Å²) in [6.45, 7) is 7.52. The highest BCUT2D eigenvalue weighted by Crippen LogP contribution is 2.38. The largest absolute Gasteiger partial charge is 0.507 e. The minimum atomic E-state index is -1.01. The number of aliphatic hydroxyl groups is 1. The first-order valence-electron chi connectivity index (χ1n) is 10.3. The Kier molecular flexibility index (Phi) is 4.89. The Morgan fingerprint density at radius 2 is 2.00 bits per heavy atom. The standard InChI is InChI=1S/C25H28O5/c1-24(2)11-10-17-15(6-5-7-21(17)30-24)8-9-19(26)18-12-16-13-23(25(3,4)28)29-22(16)14-20(18)27/h5-9,12,14,23,27-28H,10-11,13H2,1-4H3/b9-8+. The van der Waals surface area contributed by atoms with Crippen molar-refractivity contribution >= 4 is 11.9 Å². The molecule has 0 amide bonds. The van der Waals surface area contributed by atoms with Crippen LogP contribution in [0.3, 0.4) is 0 Å². The second-order valence-corrected chi connectivity index (χ2v) is 9.32. The number of ether oxygens (including phenoxy) is 2. The van der Waals surface area contributed by atoms with E-state index in [4.69, 9.17) is 9.47 Å². The molecule has 0 saturated heterocycles. The lowest BCUT2D eigenvalue weighted by Gasteiger charge is -2.33. The summed E-state index contributed by atoms with van der Waals surface area (Å²) >= 11 is 0. The molecule has 158 valence electrons. The van der Waals surface area contributed by atoms with Gasteiger partial charge in [0.05, 0.1) is 11.2 Å². The fourth-order valence-electron chi connectivity index (χ4n) is 4.00. The summed E-state index contributed by atoms with van der Waals surface area (Å²) in [4.78, 5) is 12.8. The number of hydrogen-bond donors (Lipinski definition) is 2. The molecule has 0 bridgehead atoms. The molecule has 0 spiro atoms. The Hall–Kier alpha value is -2.79. The maximum Gasteiger partial charge on any atom is 0.189 e. The van der Waals surface area contributed by atoms with Gasteiger partial charge in [-0.15, -0.1) is 0 Å². The van der Waals surface area contributed by atoms with Crippen molar-refractivity contribution in [2.24, 2.45) is 0 Å². The molecule has 0 saturated carbocycles. The van der Waals surface area contributed by atoms with Gasteiger partial charge in [0.1, 0.15) is 29.0 Å². The van der Waals surface area contributed by atoms with Crippen molar-refractivity contribution in [1.29, 1.82) is 0 Å². The van der Waals surface area contributed by atoms with Crippen molar-refractivity contribution in [1.82, 2.24) is 0 Å². The van der Waals surface area contributed by atoms with Gasteiger partial charge in [-0.1, -0.05) is 18.2 Å². The smallest absolute Gasteiger partial charge is 0.189 e. The normalized spacial score (nSPS) is 19.7. The summed E-state index contributed by atoms with van der Waals surface area (Å²) < 4.78 is 11.8. The monoisotopic (exact) mass is 408 g/mol. The zero-order valence-corrected chi connectivity index (χ0v) is 17.9. The molecule has 2 aromatic carbocycles. The molecule has 1 atom stereocenters. The summed E-state index contributed by atoms with van der Waals surface area (Å²) in [5, 5.41) is 20.6. The third-order valence-corrected chi connectivity index (χ3v) is 5.85. The van der Waals surface area contributed by atoms with Gasteiger partial charge in [0.25, 0.3) is 0 Å². The molecular formula is C25H28O5. The molecule has 0 radical (unpaired) electrons. The Morgan fingerprint density at radius 3 is 2.73 bits per heavy atom. The molecule has 2 aliphatic rings. The van der Waals surface area contributed by atoms with Gasteiger partial charge in [-0.3, -0.25) is 4.79 Å². The van der Waals surface area contributed by atoms with Crippen molar-refractivity contribution < 1.29 is 24.5 Å². The number of ketones is 1. The Morgan fingerprint density at radius 1 is 1.23 bits per heavy atom. The van der Waals surface area contributed by atoms with Crippen LogP contribution in [-0.2, 0) is 12.8 Å². The van der Waals surface area contributed by atoms with E-state index in [9.17, 15) is 15.0 Å². The van der Waals surface area contributed by atoms with Gasteiger partial charge in [-0.2, -0.15) is 0 Å². The number of carbonyl (C=O) groups excluding carboxylic acids is 1. The first-order valence-corrected chi connectivity index (χ1v) is 10.3. The second kappa shape index (κ2) is 7.17. The number of phenols is 1. The third kappa shape index (κ3) is 3.94. The van der Waals surface area contributed by atoms with Gasteiger partial charge in [0, 0.05) is 18.1 Å². The van der Waals surface area contributed by atoms with E-state index in [0.29, 0.717) is 12.2 Å². The summed E-state index contributed by atoms with van der Waals surface area (Å²) in [5.41, 5.74) is 1.88. The van der Waals surface area contributed by atoms with E-state index in [2.05, 4.69) is 13.8 Å². The van der Waals surface area contributed by atoms with Crippen molar-refractivity contribution in [2.75, 3.05) is 0 Å². The Balaban J connectivity index is 1.57. The molecule has 2 heterocycles. The topological polar surface area (TPSA) is 76.0 Å². The molecule has 0 fully saturated rings. The SMILES string of the molecule is CC1(C)CCc2c(/C=C/C(=O)c3cc4c(cc3O)OC(C(C)(C)O)C4)cccc2O1. The lowest BCUT2D eigenvalue weighted by Crippen LogP contribution is -2.39. The Bertz CT molecular complexity index is 1030. The average Bonchev–Trinajstić information content (AvgIpc) is 3.07. The number of allylic oxidation sites excluding steroid dienone is 1. The molecule has 1 unspecified atom stereocenters. The number of rotatable bonds is 4. The highest BCUT2D eigenvalue weighted by Gasteiger charge is 2.35. The molecule has 5 heteroatoms. The van der Waals surface area contributed by atoms with Crippen molar-refractivity contribution in [3.8, 4) is 17.2 Å². The molecule has 30 heavy (non-hydrogen) atoms. The second-order valence-electron chi connectivity index (χ2n) is 9.32. The van der Waals surface area contributed by atoms with Crippen LogP contribution in [0.1, 0.15) is 61.2 Å². The van der Waals surface area contributed by atoms with Crippen LogP contribution >= 0.6 is 0 Å². The van der Waals surface area contributed by atoms with Gasteiger partial charge in [-0.05, 0) is 69.9 Å².